The van der Waals surface area contributed by atoms with Gasteiger partial charge in [0.1, 0.15) is 23.8 Å². The van der Waals surface area contributed by atoms with Gasteiger partial charge in [0.2, 0.25) is 0 Å². The summed E-state index contributed by atoms with van der Waals surface area (Å²) in [5.41, 5.74) is 3.32. The van der Waals surface area contributed by atoms with Crippen LogP contribution in [0, 0.1) is 12.7 Å². The Morgan fingerprint density at radius 2 is 1.93 bits per heavy atom. The molecule has 0 bridgehead atoms. The van der Waals surface area contributed by atoms with Crippen LogP contribution in [0.3, 0.4) is 0 Å². The average Bonchev–Trinajstić information content (AvgIpc) is 3.46. The van der Waals surface area contributed by atoms with Crippen molar-refractivity contribution in [1.29, 1.82) is 0 Å². The highest BCUT2D eigenvalue weighted by Gasteiger charge is 2.39. The number of aryl methyl sites for hydroxylation is 1. The van der Waals surface area contributed by atoms with E-state index in [-0.39, 0.29) is 46.1 Å². The first-order valence-corrected chi connectivity index (χ1v) is 12.1. The summed E-state index contributed by atoms with van der Waals surface area (Å²) in [4.78, 5) is 34.6. The molecule has 1 fully saturated rings. The van der Waals surface area contributed by atoms with Gasteiger partial charge in [-0.2, -0.15) is 18.3 Å². The minimum absolute atomic E-state index is 0.0736. The van der Waals surface area contributed by atoms with Crippen LogP contribution in [0.25, 0.3) is 16.8 Å². The number of alkyl halides is 4. The van der Waals surface area contributed by atoms with Crippen molar-refractivity contribution < 1.29 is 31.5 Å². The van der Waals surface area contributed by atoms with Gasteiger partial charge in [0.05, 0.1) is 34.4 Å². The number of hydrogen-bond donors (Lipinski definition) is 2. The quantitative estimate of drug-likeness (QED) is 0.352. The lowest BCUT2D eigenvalue weighted by Gasteiger charge is -2.18. The van der Waals surface area contributed by atoms with Crippen molar-refractivity contribution in [1.82, 2.24) is 29.8 Å². The third kappa shape index (κ3) is 4.78. The molecule has 1 aliphatic heterocycles. The number of nitrogens with zero attached hydrogens (tertiary/aromatic N) is 5. The highest BCUT2D eigenvalue weighted by molar-refractivity contribution is 6.33. The number of carbonyl (C=O) groups is 2. The SMILES string of the molecule is Cc1cc(F)c(-c2cc(C(F)(F)F)c3c(N)ncnn23)cc1C(=O)N[C@@H]1CN(C(=O)c2cnccc2Cl)C[C@@H]1F. The Kier molecular flexibility index (Phi) is 6.82. The van der Waals surface area contributed by atoms with Crippen LogP contribution in [-0.2, 0) is 6.18 Å². The van der Waals surface area contributed by atoms with Gasteiger partial charge < -0.3 is 16.0 Å². The lowest BCUT2D eigenvalue weighted by atomic mass is 10.0. The number of anilines is 1. The molecule has 0 unspecified atom stereocenters. The third-order valence-electron chi connectivity index (χ3n) is 6.57. The van der Waals surface area contributed by atoms with Crippen LogP contribution in [0.5, 0.6) is 0 Å². The smallest absolute Gasteiger partial charge is 0.382 e. The fraction of sp³-hybridized carbons (Fsp3) is 0.240. The Morgan fingerprint density at radius 3 is 2.62 bits per heavy atom. The van der Waals surface area contributed by atoms with Crippen molar-refractivity contribution in [3.63, 3.8) is 0 Å². The highest BCUT2D eigenvalue weighted by atomic mass is 35.5. The second-order valence-corrected chi connectivity index (χ2v) is 9.56. The van der Waals surface area contributed by atoms with Gasteiger partial charge in [-0.1, -0.05) is 11.6 Å². The number of benzene rings is 1. The number of likely N-dealkylation sites (tertiary alicyclic amines) is 1. The molecule has 2 amide bonds. The molecule has 5 rings (SSSR count). The van der Waals surface area contributed by atoms with Crippen molar-refractivity contribution >= 4 is 34.7 Å². The zero-order chi connectivity index (χ0) is 28.9. The van der Waals surface area contributed by atoms with Gasteiger partial charge in [0, 0.05) is 30.1 Å². The first-order chi connectivity index (χ1) is 18.9. The number of hydrogen-bond acceptors (Lipinski definition) is 6. The number of pyridine rings is 1. The lowest BCUT2D eigenvalue weighted by molar-refractivity contribution is -0.136. The number of halogens is 6. The number of nitrogen functional groups attached to an aromatic ring is 1. The van der Waals surface area contributed by atoms with Gasteiger partial charge in [-0.15, -0.1) is 0 Å². The van der Waals surface area contributed by atoms with Crippen LogP contribution < -0.4 is 11.1 Å². The van der Waals surface area contributed by atoms with Gasteiger partial charge >= 0.3 is 6.18 Å². The molecule has 1 aromatic carbocycles. The fourth-order valence-electron chi connectivity index (χ4n) is 4.61. The van der Waals surface area contributed by atoms with E-state index in [2.05, 4.69) is 20.4 Å². The van der Waals surface area contributed by atoms with Crippen molar-refractivity contribution in [2.45, 2.75) is 25.3 Å². The summed E-state index contributed by atoms with van der Waals surface area (Å²) in [7, 11) is 0. The van der Waals surface area contributed by atoms with E-state index in [0.29, 0.717) is 6.07 Å². The molecule has 2 atom stereocenters. The Balaban J connectivity index is 1.45. The van der Waals surface area contributed by atoms with Gasteiger partial charge in [-0.25, -0.2) is 18.3 Å². The summed E-state index contributed by atoms with van der Waals surface area (Å²) in [5.74, 6) is -2.78. The van der Waals surface area contributed by atoms with Crippen LogP contribution in [0.15, 0.2) is 43.0 Å². The molecule has 4 heterocycles. The molecule has 0 saturated carbocycles. The van der Waals surface area contributed by atoms with Crippen LogP contribution in [0.4, 0.5) is 27.8 Å². The molecule has 3 N–H and O–H groups in total. The third-order valence-corrected chi connectivity index (χ3v) is 6.90. The maximum atomic E-state index is 15.1. The molecular formula is C25H19ClF5N7O2. The van der Waals surface area contributed by atoms with Crippen LogP contribution >= 0.6 is 11.6 Å². The summed E-state index contributed by atoms with van der Waals surface area (Å²) in [6.07, 6.45) is -2.93. The largest absolute Gasteiger partial charge is 0.418 e. The van der Waals surface area contributed by atoms with E-state index in [1.807, 2.05) is 0 Å². The first-order valence-electron chi connectivity index (χ1n) is 11.7. The maximum Gasteiger partial charge on any atom is 0.418 e. The van der Waals surface area contributed by atoms with Crippen molar-refractivity contribution in [3.05, 3.63) is 76.1 Å². The highest BCUT2D eigenvalue weighted by Crippen LogP contribution is 2.39. The van der Waals surface area contributed by atoms with Crippen LogP contribution in [0.1, 0.15) is 31.8 Å². The molecule has 0 radical (unpaired) electrons. The molecule has 1 aliphatic rings. The fourth-order valence-corrected chi connectivity index (χ4v) is 4.79. The van der Waals surface area contributed by atoms with Gasteiger partial charge in [-0.3, -0.25) is 14.6 Å². The second kappa shape index (κ2) is 10.0. The van der Waals surface area contributed by atoms with Gasteiger partial charge in [0.15, 0.2) is 5.82 Å². The molecule has 208 valence electrons. The summed E-state index contributed by atoms with van der Waals surface area (Å²) < 4.78 is 71.9. The maximum absolute atomic E-state index is 15.1. The zero-order valence-corrected chi connectivity index (χ0v) is 21.3. The molecule has 9 nitrogen and oxygen atoms in total. The Morgan fingerprint density at radius 1 is 1.18 bits per heavy atom. The molecule has 40 heavy (non-hydrogen) atoms. The Bertz CT molecular complexity index is 1660. The van der Waals surface area contributed by atoms with Crippen molar-refractivity contribution in [2.24, 2.45) is 0 Å². The topological polar surface area (TPSA) is 119 Å². The van der Waals surface area contributed by atoms with E-state index in [1.54, 1.807) is 0 Å². The van der Waals surface area contributed by atoms with Crippen LogP contribution in [0.2, 0.25) is 5.02 Å². The Hall–Kier alpha value is -4.33. The summed E-state index contributed by atoms with van der Waals surface area (Å²) in [6, 6.07) is 3.00. The van der Waals surface area contributed by atoms with Gasteiger partial charge in [-0.05, 0) is 36.8 Å². The Labute approximate surface area is 227 Å². The number of carbonyl (C=O) groups excluding carboxylic acids is 2. The number of nitrogens with two attached hydrogens (primary N) is 1. The molecule has 15 heteroatoms. The second-order valence-electron chi connectivity index (χ2n) is 9.16. The molecule has 0 aliphatic carbocycles. The average molecular weight is 580 g/mol. The van der Waals surface area contributed by atoms with E-state index >= 15 is 4.39 Å². The zero-order valence-electron chi connectivity index (χ0n) is 20.5. The molecule has 3 aromatic heterocycles. The standard InChI is InChI=1S/C25H19ClF5N7O2/c1-11-4-17(27)13(20-6-15(25(29,30)31)21-22(32)34-10-35-38(20)21)5-12(11)23(39)36-19-9-37(8-18(19)28)24(40)14-7-33-3-2-16(14)26/h2-7,10,18-19H,8-9H2,1H3,(H,36,39)(H2,32,34,35)/t18-,19+/m0/s1. The normalized spacial score (nSPS) is 17.4. The summed E-state index contributed by atoms with van der Waals surface area (Å²) >= 11 is 6.04. The summed E-state index contributed by atoms with van der Waals surface area (Å²) in [5, 5.41) is 6.43. The number of rotatable bonds is 4. The van der Waals surface area contributed by atoms with Crippen molar-refractivity contribution in [3.8, 4) is 11.3 Å². The number of amides is 2. The number of fused-ring (bicyclic) bond motifs is 1. The van der Waals surface area contributed by atoms with E-state index in [1.165, 1.54) is 30.3 Å². The van der Waals surface area contributed by atoms with E-state index in [4.69, 9.17) is 17.3 Å². The predicted molar refractivity (Wildman–Crippen MR) is 134 cm³/mol. The van der Waals surface area contributed by atoms with E-state index in [9.17, 15) is 27.2 Å². The predicted octanol–water partition coefficient (Wildman–Crippen LogP) is 4.09. The number of aromatic nitrogens is 4. The number of nitrogens with one attached hydrogen (secondary N) is 1. The molecular weight excluding hydrogens is 561 g/mol. The molecule has 0 spiro atoms. The molecule has 1 saturated heterocycles. The first kappa shape index (κ1) is 27.2. The van der Waals surface area contributed by atoms with E-state index in [0.717, 1.165) is 23.0 Å². The lowest BCUT2D eigenvalue weighted by Crippen LogP contribution is -2.42. The van der Waals surface area contributed by atoms with Crippen LogP contribution in [-0.4, -0.2) is 61.6 Å². The minimum atomic E-state index is -4.86. The van der Waals surface area contributed by atoms with E-state index < -0.39 is 52.9 Å². The molecule has 4 aromatic rings. The van der Waals surface area contributed by atoms with Crippen molar-refractivity contribution in [2.75, 3.05) is 18.8 Å². The monoisotopic (exact) mass is 579 g/mol. The minimum Gasteiger partial charge on any atom is -0.382 e. The summed E-state index contributed by atoms with van der Waals surface area (Å²) in [6.45, 7) is 0.916. The van der Waals surface area contributed by atoms with Gasteiger partial charge in [0.25, 0.3) is 11.8 Å².